The first-order valence-electron chi connectivity index (χ1n) is 10.7. The number of hydrogen-bond donors (Lipinski definition) is 3. The number of aliphatic carboxylic acids is 2. The average molecular weight is 386 g/mol. The van der Waals surface area contributed by atoms with Crippen molar-refractivity contribution >= 4 is 17.8 Å². The van der Waals surface area contributed by atoms with E-state index in [0.717, 1.165) is 12.8 Å². The fourth-order valence-corrected chi connectivity index (χ4v) is 3.12. The zero-order chi connectivity index (χ0) is 20.3. The number of nitrogens with one attached hydrogen (secondary N) is 1. The summed E-state index contributed by atoms with van der Waals surface area (Å²) >= 11 is 0. The van der Waals surface area contributed by atoms with Gasteiger partial charge in [-0.2, -0.15) is 0 Å². The molecule has 0 aromatic carbocycles. The Labute approximate surface area is 164 Å². The van der Waals surface area contributed by atoms with Gasteiger partial charge in [0.05, 0.1) is 6.42 Å². The molecule has 0 saturated carbocycles. The van der Waals surface area contributed by atoms with E-state index >= 15 is 0 Å². The van der Waals surface area contributed by atoms with Gasteiger partial charge in [-0.25, -0.2) is 4.79 Å². The smallest absolute Gasteiger partial charge is 0.326 e. The van der Waals surface area contributed by atoms with Crippen molar-refractivity contribution in [2.75, 3.05) is 0 Å². The first kappa shape index (κ1) is 25.4. The van der Waals surface area contributed by atoms with Gasteiger partial charge in [-0.05, 0) is 6.42 Å². The molecule has 0 aliphatic carbocycles. The molecular formula is C21H39NO5. The summed E-state index contributed by atoms with van der Waals surface area (Å²) in [4.78, 5) is 33.2. The van der Waals surface area contributed by atoms with Gasteiger partial charge in [0.2, 0.25) is 5.91 Å². The van der Waals surface area contributed by atoms with Crippen molar-refractivity contribution in [1.29, 1.82) is 0 Å². The van der Waals surface area contributed by atoms with Crippen LogP contribution < -0.4 is 5.32 Å². The molecule has 0 aliphatic heterocycles. The molecule has 1 atom stereocenters. The van der Waals surface area contributed by atoms with Crippen LogP contribution in [0.25, 0.3) is 0 Å². The molecule has 0 aliphatic rings. The fourth-order valence-electron chi connectivity index (χ4n) is 3.12. The summed E-state index contributed by atoms with van der Waals surface area (Å²) in [5.41, 5.74) is 0. The van der Waals surface area contributed by atoms with E-state index in [9.17, 15) is 14.4 Å². The van der Waals surface area contributed by atoms with E-state index in [1.807, 2.05) is 0 Å². The van der Waals surface area contributed by atoms with Crippen molar-refractivity contribution in [1.82, 2.24) is 5.32 Å². The van der Waals surface area contributed by atoms with Crippen molar-refractivity contribution in [3.8, 4) is 0 Å². The van der Waals surface area contributed by atoms with Crippen LogP contribution in [0.15, 0.2) is 0 Å². The van der Waals surface area contributed by atoms with E-state index in [4.69, 9.17) is 10.2 Å². The highest BCUT2D eigenvalue weighted by Gasteiger charge is 2.22. The highest BCUT2D eigenvalue weighted by Crippen LogP contribution is 2.13. The number of carbonyl (C=O) groups is 3. The standard InChI is InChI=1S/C21H39NO5/c1-2-3-4-5-6-7-8-9-10-11-12-13-14-15-16-19(23)22-18(21(26)27)17-20(24)25/h18H,2-17H2,1H3,(H,22,23)(H,24,25)(H,26,27)/t18-/m0/s1. The molecule has 6 nitrogen and oxygen atoms in total. The van der Waals surface area contributed by atoms with Gasteiger partial charge < -0.3 is 15.5 Å². The number of rotatable bonds is 19. The van der Waals surface area contributed by atoms with E-state index in [0.29, 0.717) is 6.42 Å². The third-order valence-electron chi connectivity index (χ3n) is 4.77. The minimum atomic E-state index is -1.35. The van der Waals surface area contributed by atoms with Crippen LogP contribution in [-0.2, 0) is 14.4 Å². The Morgan fingerprint density at radius 3 is 1.48 bits per heavy atom. The summed E-state index contributed by atoms with van der Waals surface area (Å²) in [6.45, 7) is 2.24. The lowest BCUT2D eigenvalue weighted by Gasteiger charge is -2.12. The number of carbonyl (C=O) groups excluding carboxylic acids is 1. The molecule has 158 valence electrons. The van der Waals surface area contributed by atoms with Crippen LogP contribution in [0, 0.1) is 0 Å². The number of carboxylic acids is 2. The molecule has 0 saturated heterocycles. The normalized spacial score (nSPS) is 11.9. The predicted octanol–water partition coefficient (Wildman–Crippen LogP) is 4.90. The summed E-state index contributed by atoms with van der Waals surface area (Å²) in [5, 5.41) is 19.8. The lowest BCUT2D eigenvalue weighted by molar-refractivity contribution is -0.147. The van der Waals surface area contributed by atoms with Gasteiger partial charge in [0, 0.05) is 6.42 Å². The molecule has 0 aromatic rings. The quantitative estimate of drug-likeness (QED) is 0.274. The minimum Gasteiger partial charge on any atom is -0.481 e. The highest BCUT2D eigenvalue weighted by atomic mass is 16.4. The zero-order valence-electron chi connectivity index (χ0n) is 17.0. The molecule has 0 fully saturated rings. The summed E-state index contributed by atoms with van der Waals surface area (Å²) in [7, 11) is 0. The molecule has 0 rings (SSSR count). The number of amides is 1. The lowest BCUT2D eigenvalue weighted by atomic mass is 10.0. The first-order valence-corrected chi connectivity index (χ1v) is 10.7. The minimum absolute atomic E-state index is 0.251. The largest absolute Gasteiger partial charge is 0.481 e. The maximum atomic E-state index is 11.7. The average Bonchev–Trinajstić information content (AvgIpc) is 2.61. The Kier molecular flexibility index (Phi) is 16.8. The third-order valence-corrected chi connectivity index (χ3v) is 4.77. The molecule has 6 heteroatoms. The van der Waals surface area contributed by atoms with E-state index < -0.39 is 24.4 Å². The Morgan fingerprint density at radius 1 is 0.704 bits per heavy atom. The number of unbranched alkanes of at least 4 members (excludes halogenated alkanes) is 13. The van der Waals surface area contributed by atoms with Crippen LogP contribution in [0.1, 0.15) is 110 Å². The van der Waals surface area contributed by atoms with Gasteiger partial charge in [-0.1, -0.05) is 90.4 Å². The monoisotopic (exact) mass is 385 g/mol. The van der Waals surface area contributed by atoms with E-state index in [-0.39, 0.29) is 12.3 Å². The van der Waals surface area contributed by atoms with Crippen LogP contribution in [0.2, 0.25) is 0 Å². The molecular weight excluding hydrogens is 346 g/mol. The van der Waals surface area contributed by atoms with Crippen molar-refractivity contribution < 1.29 is 24.6 Å². The Morgan fingerprint density at radius 2 is 1.11 bits per heavy atom. The Hall–Kier alpha value is -1.59. The van der Waals surface area contributed by atoms with Crippen LogP contribution in [0.3, 0.4) is 0 Å². The zero-order valence-corrected chi connectivity index (χ0v) is 17.0. The van der Waals surface area contributed by atoms with Crippen molar-refractivity contribution in [3.05, 3.63) is 0 Å². The van der Waals surface area contributed by atoms with Crippen LogP contribution in [0.5, 0.6) is 0 Å². The highest BCUT2D eigenvalue weighted by molar-refractivity contribution is 5.86. The molecule has 0 bridgehead atoms. The number of carboxylic acid groups (broad SMARTS) is 2. The summed E-state index contributed by atoms with van der Waals surface area (Å²) in [6, 6.07) is -1.35. The van der Waals surface area contributed by atoms with Crippen molar-refractivity contribution in [3.63, 3.8) is 0 Å². The van der Waals surface area contributed by atoms with Gasteiger partial charge in [0.15, 0.2) is 0 Å². The van der Waals surface area contributed by atoms with E-state index in [1.54, 1.807) is 0 Å². The summed E-state index contributed by atoms with van der Waals surface area (Å²) in [6.07, 6.45) is 16.9. The van der Waals surface area contributed by atoms with Crippen LogP contribution in [0.4, 0.5) is 0 Å². The lowest BCUT2D eigenvalue weighted by Crippen LogP contribution is -2.42. The molecule has 0 aromatic heterocycles. The van der Waals surface area contributed by atoms with Crippen molar-refractivity contribution in [2.45, 2.75) is 116 Å². The van der Waals surface area contributed by atoms with Gasteiger partial charge >= 0.3 is 11.9 Å². The van der Waals surface area contributed by atoms with Gasteiger partial charge in [-0.3, -0.25) is 9.59 Å². The second-order valence-electron chi connectivity index (χ2n) is 7.40. The SMILES string of the molecule is CCCCCCCCCCCCCCCCC(=O)N[C@@H](CC(=O)O)C(=O)O. The summed E-state index contributed by atoms with van der Waals surface area (Å²) < 4.78 is 0. The topological polar surface area (TPSA) is 104 Å². The fraction of sp³-hybridized carbons (Fsp3) is 0.857. The van der Waals surface area contributed by atoms with E-state index in [1.165, 1.54) is 70.6 Å². The van der Waals surface area contributed by atoms with Crippen molar-refractivity contribution in [2.24, 2.45) is 0 Å². The maximum absolute atomic E-state index is 11.7. The number of hydrogen-bond acceptors (Lipinski definition) is 3. The molecule has 3 N–H and O–H groups in total. The third kappa shape index (κ3) is 17.6. The molecule has 0 heterocycles. The van der Waals surface area contributed by atoms with Crippen LogP contribution in [-0.4, -0.2) is 34.1 Å². The molecule has 27 heavy (non-hydrogen) atoms. The van der Waals surface area contributed by atoms with Gasteiger partial charge in [0.1, 0.15) is 6.04 Å². The molecule has 0 unspecified atom stereocenters. The Balaban J connectivity index is 3.44. The maximum Gasteiger partial charge on any atom is 0.326 e. The van der Waals surface area contributed by atoms with Gasteiger partial charge in [-0.15, -0.1) is 0 Å². The second-order valence-corrected chi connectivity index (χ2v) is 7.40. The van der Waals surface area contributed by atoms with Crippen LogP contribution >= 0.6 is 0 Å². The molecule has 0 radical (unpaired) electrons. The molecule has 0 spiro atoms. The van der Waals surface area contributed by atoms with Gasteiger partial charge in [0.25, 0.3) is 0 Å². The predicted molar refractivity (Wildman–Crippen MR) is 107 cm³/mol. The first-order chi connectivity index (χ1) is 13.0. The Bertz CT molecular complexity index is 411. The molecule has 1 amide bonds. The second kappa shape index (κ2) is 17.8. The van der Waals surface area contributed by atoms with E-state index in [2.05, 4.69) is 12.2 Å². The summed E-state index contributed by atoms with van der Waals surface area (Å²) in [5.74, 6) is -2.94.